The van der Waals surface area contributed by atoms with Crippen molar-refractivity contribution >= 4 is 33.4 Å². The SMILES string of the molecule is COCCCNC(=O)c1ccccc1NC(=O)c1cc(Br)ccc1OCCOC. The van der Waals surface area contributed by atoms with Gasteiger partial charge in [0.05, 0.1) is 23.4 Å². The van der Waals surface area contributed by atoms with E-state index in [1.807, 2.05) is 0 Å². The number of benzene rings is 2. The number of rotatable bonds is 11. The summed E-state index contributed by atoms with van der Waals surface area (Å²) >= 11 is 3.38. The molecule has 0 unspecified atom stereocenters. The summed E-state index contributed by atoms with van der Waals surface area (Å²) in [6.07, 6.45) is 0.705. The predicted molar refractivity (Wildman–Crippen MR) is 115 cm³/mol. The molecule has 7 nitrogen and oxygen atoms in total. The van der Waals surface area contributed by atoms with E-state index in [1.165, 1.54) is 0 Å². The molecule has 0 atom stereocenters. The van der Waals surface area contributed by atoms with Gasteiger partial charge in [-0.3, -0.25) is 9.59 Å². The van der Waals surface area contributed by atoms with Gasteiger partial charge in [0.1, 0.15) is 12.4 Å². The van der Waals surface area contributed by atoms with Crippen molar-refractivity contribution in [2.75, 3.05) is 45.9 Å². The number of anilines is 1. The van der Waals surface area contributed by atoms with E-state index in [1.54, 1.807) is 56.7 Å². The lowest BCUT2D eigenvalue weighted by molar-refractivity contribution is 0.0949. The summed E-state index contributed by atoms with van der Waals surface area (Å²) in [5.41, 5.74) is 1.16. The second-order valence-electron chi connectivity index (χ2n) is 6.08. The van der Waals surface area contributed by atoms with Gasteiger partial charge in [0.15, 0.2) is 0 Å². The predicted octanol–water partition coefficient (Wildman–Crippen LogP) is 3.49. The number of halogens is 1. The Morgan fingerprint density at radius 2 is 1.69 bits per heavy atom. The Hall–Kier alpha value is -2.42. The van der Waals surface area contributed by atoms with Gasteiger partial charge in [0, 0.05) is 31.8 Å². The summed E-state index contributed by atoms with van der Waals surface area (Å²) in [4.78, 5) is 25.4. The zero-order valence-electron chi connectivity index (χ0n) is 16.5. The van der Waals surface area contributed by atoms with Gasteiger partial charge in [-0.2, -0.15) is 0 Å². The molecule has 156 valence electrons. The maximum absolute atomic E-state index is 12.9. The van der Waals surface area contributed by atoms with Crippen LogP contribution in [0.1, 0.15) is 27.1 Å². The van der Waals surface area contributed by atoms with E-state index in [0.717, 1.165) is 4.47 Å². The van der Waals surface area contributed by atoms with E-state index in [9.17, 15) is 9.59 Å². The third-order valence-corrected chi connectivity index (χ3v) is 4.46. The fourth-order valence-corrected chi connectivity index (χ4v) is 2.89. The van der Waals surface area contributed by atoms with Crippen LogP contribution in [0, 0.1) is 0 Å². The Balaban J connectivity index is 2.15. The van der Waals surface area contributed by atoms with E-state index >= 15 is 0 Å². The van der Waals surface area contributed by atoms with Gasteiger partial charge in [0.2, 0.25) is 0 Å². The fourth-order valence-electron chi connectivity index (χ4n) is 2.53. The number of carbonyl (C=O) groups excluding carboxylic acids is 2. The van der Waals surface area contributed by atoms with E-state index in [2.05, 4.69) is 26.6 Å². The Bertz CT molecular complexity index is 828. The second kappa shape index (κ2) is 12.2. The molecule has 0 aliphatic heterocycles. The standard InChI is InChI=1S/C21H25BrN2O5/c1-27-11-5-10-23-20(25)16-6-3-4-7-18(16)24-21(26)17-14-15(22)8-9-19(17)29-13-12-28-2/h3-4,6-9,14H,5,10-13H2,1-2H3,(H,23,25)(H,24,26). The highest BCUT2D eigenvalue weighted by Crippen LogP contribution is 2.25. The van der Waals surface area contributed by atoms with Gasteiger partial charge in [-0.25, -0.2) is 0 Å². The Kier molecular flexibility index (Phi) is 9.63. The first-order valence-corrected chi connectivity index (χ1v) is 9.95. The third kappa shape index (κ3) is 7.16. The van der Waals surface area contributed by atoms with Crippen LogP contribution < -0.4 is 15.4 Å². The monoisotopic (exact) mass is 464 g/mol. The number of hydrogen-bond donors (Lipinski definition) is 2. The first kappa shape index (κ1) is 22.9. The van der Waals surface area contributed by atoms with Crippen molar-refractivity contribution in [3.05, 3.63) is 58.1 Å². The van der Waals surface area contributed by atoms with Gasteiger partial charge in [-0.05, 0) is 36.8 Å². The third-order valence-electron chi connectivity index (χ3n) is 3.96. The maximum Gasteiger partial charge on any atom is 0.259 e. The van der Waals surface area contributed by atoms with Crippen molar-refractivity contribution in [1.82, 2.24) is 5.32 Å². The van der Waals surface area contributed by atoms with Crippen molar-refractivity contribution < 1.29 is 23.8 Å². The Morgan fingerprint density at radius 3 is 2.45 bits per heavy atom. The lowest BCUT2D eigenvalue weighted by Gasteiger charge is -2.14. The van der Waals surface area contributed by atoms with E-state index in [4.69, 9.17) is 14.2 Å². The summed E-state index contributed by atoms with van der Waals surface area (Å²) in [7, 11) is 3.19. The minimum absolute atomic E-state index is 0.261. The second-order valence-corrected chi connectivity index (χ2v) is 7.00. The van der Waals surface area contributed by atoms with Gasteiger partial charge in [-0.15, -0.1) is 0 Å². The van der Waals surface area contributed by atoms with Crippen molar-refractivity contribution in [3.8, 4) is 5.75 Å². The molecule has 0 heterocycles. The maximum atomic E-state index is 12.9. The molecule has 0 saturated carbocycles. The molecule has 2 rings (SSSR count). The number of methoxy groups -OCH3 is 2. The number of para-hydroxylation sites is 1. The summed E-state index contributed by atoms with van der Waals surface area (Å²) in [5, 5.41) is 5.64. The highest BCUT2D eigenvalue weighted by molar-refractivity contribution is 9.10. The minimum atomic E-state index is -0.377. The first-order valence-electron chi connectivity index (χ1n) is 9.15. The van der Waals surface area contributed by atoms with E-state index in [-0.39, 0.29) is 11.8 Å². The molecular weight excluding hydrogens is 440 g/mol. The highest BCUT2D eigenvalue weighted by atomic mass is 79.9. The van der Waals surface area contributed by atoms with Crippen molar-refractivity contribution in [3.63, 3.8) is 0 Å². The molecule has 0 aliphatic rings. The zero-order chi connectivity index (χ0) is 21.1. The fraction of sp³-hybridized carbons (Fsp3) is 0.333. The average molecular weight is 465 g/mol. The number of amides is 2. The molecule has 0 saturated heterocycles. The Labute approximate surface area is 178 Å². The summed E-state index contributed by atoms with van der Waals surface area (Å²) in [6, 6.07) is 12.0. The lowest BCUT2D eigenvalue weighted by atomic mass is 10.1. The smallest absolute Gasteiger partial charge is 0.259 e. The average Bonchev–Trinajstić information content (AvgIpc) is 2.72. The highest BCUT2D eigenvalue weighted by Gasteiger charge is 2.17. The normalized spacial score (nSPS) is 10.4. The summed E-state index contributed by atoms with van der Waals surface area (Å²) in [5.74, 6) is -0.203. The zero-order valence-corrected chi connectivity index (χ0v) is 18.1. The number of carbonyl (C=O) groups is 2. The van der Waals surface area contributed by atoms with Crippen molar-refractivity contribution in [2.45, 2.75) is 6.42 Å². The van der Waals surface area contributed by atoms with Crippen LogP contribution in [-0.4, -0.2) is 52.4 Å². The Morgan fingerprint density at radius 1 is 0.931 bits per heavy atom. The molecule has 0 bridgehead atoms. The molecule has 2 amide bonds. The molecule has 0 fully saturated rings. The van der Waals surface area contributed by atoms with Crippen LogP contribution in [-0.2, 0) is 9.47 Å². The van der Waals surface area contributed by atoms with Crippen LogP contribution in [0.4, 0.5) is 5.69 Å². The van der Waals surface area contributed by atoms with E-state index in [0.29, 0.717) is 55.4 Å². The van der Waals surface area contributed by atoms with Crippen LogP contribution >= 0.6 is 15.9 Å². The largest absolute Gasteiger partial charge is 0.490 e. The quantitative estimate of drug-likeness (QED) is 0.497. The van der Waals surface area contributed by atoms with Crippen LogP contribution in [0.3, 0.4) is 0 Å². The summed E-state index contributed by atoms with van der Waals surface area (Å²) in [6.45, 7) is 1.77. The van der Waals surface area contributed by atoms with Crippen LogP contribution in [0.5, 0.6) is 5.75 Å². The minimum Gasteiger partial charge on any atom is -0.490 e. The van der Waals surface area contributed by atoms with Crippen LogP contribution in [0.15, 0.2) is 46.9 Å². The molecule has 0 aromatic heterocycles. The van der Waals surface area contributed by atoms with Crippen LogP contribution in [0.2, 0.25) is 0 Å². The van der Waals surface area contributed by atoms with Gasteiger partial charge in [0.25, 0.3) is 11.8 Å². The molecule has 2 aromatic carbocycles. The molecule has 0 spiro atoms. The summed E-state index contributed by atoms with van der Waals surface area (Å²) < 4.78 is 16.4. The van der Waals surface area contributed by atoms with Gasteiger partial charge >= 0.3 is 0 Å². The number of ether oxygens (including phenoxy) is 3. The van der Waals surface area contributed by atoms with E-state index < -0.39 is 0 Å². The molecule has 0 radical (unpaired) electrons. The van der Waals surface area contributed by atoms with Crippen molar-refractivity contribution in [1.29, 1.82) is 0 Å². The first-order chi connectivity index (χ1) is 14.1. The lowest BCUT2D eigenvalue weighted by Crippen LogP contribution is -2.26. The topological polar surface area (TPSA) is 85.9 Å². The molecule has 2 N–H and O–H groups in total. The molecule has 2 aromatic rings. The van der Waals surface area contributed by atoms with Crippen LogP contribution in [0.25, 0.3) is 0 Å². The molecular formula is C21H25BrN2O5. The number of nitrogens with one attached hydrogen (secondary N) is 2. The number of hydrogen-bond acceptors (Lipinski definition) is 5. The molecule has 29 heavy (non-hydrogen) atoms. The molecule has 0 aliphatic carbocycles. The van der Waals surface area contributed by atoms with Gasteiger partial charge < -0.3 is 24.8 Å². The van der Waals surface area contributed by atoms with Crippen molar-refractivity contribution in [2.24, 2.45) is 0 Å². The molecule has 8 heteroatoms. The van der Waals surface area contributed by atoms with Gasteiger partial charge in [-0.1, -0.05) is 28.1 Å².